The summed E-state index contributed by atoms with van der Waals surface area (Å²) in [6, 6.07) is 11.9. The molecule has 1 aromatic carbocycles. The van der Waals surface area contributed by atoms with Crippen LogP contribution in [0, 0.1) is 0 Å². The van der Waals surface area contributed by atoms with Crippen LogP contribution in [0.5, 0.6) is 0 Å². The number of nitrogens with zero attached hydrogens (tertiary/aromatic N) is 1. The molecule has 4 nitrogen and oxygen atoms in total. The standard InChI is InChI=1S/C14H17N3O/c1-14(2,13(15)18)16-9-11-8-7-10-5-3-4-6-12(10)17-11/h3-8,16H,9H2,1-2H3,(H2,15,18). The van der Waals surface area contributed by atoms with Gasteiger partial charge in [0.2, 0.25) is 5.91 Å². The summed E-state index contributed by atoms with van der Waals surface area (Å²) < 4.78 is 0. The lowest BCUT2D eigenvalue weighted by molar-refractivity contribution is -0.123. The molecule has 18 heavy (non-hydrogen) atoms. The minimum atomic E-state index is -0.729. The molecule has 1 aromatic heterocycles. The highest BCUT2D eigenvalue weighted by molar-refractivity contribution is 5.83. The molecule has 3 N–H and O–H groups in total. The number of nitrogens with one attached hydrogen (secondary N) is 1. The zero-order chi connectivity index (χ0) is 13.2. The van der Waals surface area contributed by atoms with Crippen LogP contribution in [0.15, 0.2) is 36.4 Å². The van der Waals surface area contributed by atoms with Crippen LogP contribution < -0.4 is 11.1 Å². The number of benzene rings is 1. The third kappa shape index (κ3) is 2.65. The zero-order valence-corrected chi connectivity index (χ0v) is 10.6. The predicted molar refractivity (Wildman–Crippen MR) is 71.9 cm³/mol. The summed E-state index contributed by atoms with van der Waals surface area (Å²) in [6.45, 7) is 4.04. The Morgan fingerprint density at radius 3 is 2.72 bits per heavy atom. The average molecular weight is 243 g/mol. The number of fused-ring (bicyclic) bond motifs is 1. The molecule has 0 aliphatic heterocycles. The summed E-state index contributed by atoms with van der Waals surface area (Å²) in [6.07, 6.45) is 0. The Morgan fingerprint density at radius 2 is 2.00 bits per heavy atom. The van der Waals surface area contributed by atoms with E-state index in [1.54, 1.807) is 13.8 Å². The molecule has 0 unspecified atom stereocenters. The number of para-hydroxylation sites is 1. The van der Waals surface area contributed by atoms with Gasteiger partial charge in [-0.2, -0.15) is 0 Å². The van der Waals surface area contributed by atoms with E-state index in [-0.39, 0.29) is 5.91 Å². The zero-order valence-electron chi connectivity index (χ0n) is 10.6. The van der Waals surface area contributed by atoms with Gasteiger partial charge in [-0.3, -0.25) is 15.1 Å². The van der Waals surface area contributed by atoms with E-state index in [9.17, 15) is 4.79 Å². The second kappa shape index (κ2) is 4.74. The molecule has 1 heterocycles. The van der Waals surface area contributed by atoms with E-state index < -0.39 is 5.54 Å². The number of nitrogens with two attached hydrogens (primary N) is 1. The first-order valence-electron chi connectivity index (χ1n) is 5.89. The van der Waals surface area contributed by atoms with E-state index in [0.29, 0.717) is 6.54 Å². The monoisotopic (exact) mass is 243 g/mol. The molecule has 4 heteroatoms. The maximum absolute atomic E-state index is 11.2. The second-order valence-corrected chi connectivity index (χ2v) is 4.84. The van der Waals surface area contributed by atoms with E-state index in [1.165, 1.54) is 0 Å². The first kappa shape index (κ1) is 12.5. The Hall–Kier alpha value is -1.94. The van der Waals surface area contributed by atoms with Crippen LogP contribution in [0.1, 0.15) is 19.5 Å². The van der Waals surface area contributed by atoms with E-state index in [2.05, 4.69) is 10.3 Å². The lowest BCUT2D eigenvalue weighted by Gasteiger charge is -2.22. The number of pyridine rings is 1. The van der Waals surface area contributed by atoms with Crippen LogP contribution in [0.3, 0.4) is 0 Å². The normalized spacial score (nSPS) is 11.7. The Balaban J connectivity index is 2.15. The third-order valence-corrected chi connectivity index (χ3v) is 2.98. The summed E-state index contributed by atoms with van der Waals surface area (Å²) in [7, 11) is 0. The van der Waals surface area contributed by atoms with Gasteiger partial charge >= 0.3 is 0 Å². The van der Waals surface area contributed by atoms with E-state index in [4.69, 9.17) is 5.73 Å². The average Bonchev–Trinajstić information content (AvgIpc) is 2.36. The second-order valence-electron chi connectivity index (χ2n) is 4.84. The molecule has 0 aliphatic carbocycles. The van der Waals surface area contributed by atoms with Crippen molar-refractivity contribution in [2.75, 3.05) is 0 Å². The summed E-state index contributed by atoms with van der Waals surface area (Å²) in [4.78, 5) is 15.7. The molecule has 0 spiro atoms. The van der Waals surface area contributed by atoms with E-state index in [0.717, 1.165) is 16.6 Å². The minimum absolute atomic E-state index is 0.372. The molecule has 2 rings (SSSR count). The fourth-order valence-electron chi connectivity index (χ4n) is 1.61. The highest BCUT2D eigenvalue weighted by Gasteiger charge is 2.23. The van der Waals surface area contributed by atoms with Crippen LogP contribution in [-0.4, -0.2) is 16.4 Å². The Morgan fingerprint density at radius 1 is 1.28 bits per heavy atom. The summed E-state index contributed by atoms with van der Waals surface area (Å²) in [5.41, 5.74) is 6.42. The van der Waals surface area contributed by atoms with Gasteiger partial charge in [0.25, 0.3) is 0 Å². The van der Waals surface area contributed by atoms with Gasteiger partial charge in [-0.15, -0.1) is 0 Å². The van der Waals surface area contributed by atoms with Crippen LogP contribution in [0.25, 0.3) is 10.9 Å². The van der Waals surface area contributed by atoms with Crippen LogP contribution in [-0.2, 0) is 11.3 Å². The summed E-state index contributed by atoms with van der Waals surface area (Å²) in [5, 5.41) is 4.21. The van der Waals surface area contributed by atoms with Crippen molar-refractivity contribution in [1.29, 1.82) is 0 Å². The maximum Gasteiger partial charge on any atom is 0.237 e. The van der Waals surface area contributed by atoms with Crippen molar-refractivity contribution in [2.45, 2.75) is 25.9 Å². The van der Waals surface area contributed by atoms with Crippen molar-refractivity contribution >= 4 is 16.8 Å². The molecule has 94 valence electrons. The van der Waals surface area contributed by atoms with Crippen molar-refractivity contribution in [3.63, 3.8) is 0 Å². The number of hydrogen-bond acceptors (Lipinski definition) is 3. The van der Waals surface area contributed by atoms with Gasteiger partial charge in [-0.1, -0.05) is 24.3 Å². The first-order chi connectivity index (χ1) is 8.49. The minimum Gasteiger partial charge on any atom is -0.368 e. The molecule has 2 aromatic rings. The first-order valence-corrected chi connectivity index (χ1v) is 5.89. The smallest absolute Gasteiger partial charge is 0.237 e. The molecule has 0 atom stereocenters. The van der Waals surface area contributed by atoms with Crippen LogP contribution in [0.2, 0.25) is 0 Å². The molecule has 0 saturated carbocycles. The number of hydrogen-bond donors (Lipinski definition) is 2. The fraction of sp³-hybridized carbons (Fsp3) is 0.286. The molecule has 0 bridgehead atoms. The topological polar surface area (TPSA) is 68.0 Å². The van der Waals surface area contributed by atoms with Gasteiger partial charge in [0, 0.05) is 11.9 Å². The van der Waals surface area contributed by atoms with Gasteiger partial charge in [-0.25, -0.2) is 0 Å². The molecule has 0 radical (unpaired) electrons. The van der Waals surface area contributed by atoms with Crippen molar-refractivity contribution in [3.8, 4) is 0 Å². The lowest BCUT2D eigenvalue weighted by atomic mass is 10.1. The predicted octanol–water partition coefficient (Wildman–Crippen LogP) is 1.59. The molecule has 0 fully saturated rings. The van der Waals surface area contributed by atoms with Crippen molar-refractivity contribution in [2.24, 2.45) is 5.73 Å². The number of aromatic nitrogens is 1. The maximum atomic E-state index is 11.2. The summed E-state index contributed by atoms with van der Waals surface area (Å²) in [5.74, 6) is -0.372. The quantitative estimate of drug-likeness (QED) is 0.856. The van der Waals surface area contributed by atoms with Gasteiger partial charge in [0.1, 0.15) is 0 Å². The molecule has 0 aliphatic rings. The number of rotatable bonds is 4. The highest BCUT2D eigenvalue weighted by atomic mass is 16.1. The van der Waals surface area contributed by atoms with Crippen molar-refractivity contribution in [3.05, 3.63) is 42.1 Å². The highest BCUT2D eigenvalue weighted by Crippen LogP contribution is 2.12. The van der Waals surface area contributed by atoms with Gasteiger partial charge in [0.15, 0.2) is 0 Å². The largest absolute Gasteiger partial charge is 0.368 e. The van der Waals surface area contributed by atoms with Gasteiger partial charge < -0.3 is 5.73 Å². The molecular weight excluding hydrogens is 226 g/mol. The van der Waals surface area contributed by atoms with E-state index in [1.807, 2.05) is 36.4 Å². The molecule has 0 saturated heterocycles. The summed E-state index contributed by atoms with van der Waals surface area (Å²) >= 11 is 0. The van der Waals surface area contributed by atoms with Crippen LogP contribution >= 0.6 is 0 Å². The Bertz CT molecular complexity index is 578. The van der Waals surface area contributed by atoms with Crippen LogP contribution in [0.4, 0.5) is 0 Å². The number of primary amides is 1. The van der Waals surface area contributed by atoms with E-state index >= 15 is 0 Å². The molecular formula is C14H17N3O. The fourth-order valence-corrected chi connectivity index (χ4v) is 1.61. The van der Waals surface area contributed by atoms with Crippen molar-refractivity contribution in [1.82, 2.24) is 10.3 Å². The Kier molecular flexibility index (Phi) is 3.30. The van der Waals surface area contributed by atoms with Crippen molar-refractivity contribution < 1.29 is 4.79 Å². The van der Waals surface area contributed by atoms with Gasteiger partial charge in [0.05, 0.1) is 16.7 Å². The number of carbonyl (C=O) groups excluding carboxylic acids is 1. The number of carbonyl (C=O) groups is 1. The SMILES string of the molecule is CC(C)(NCc1ccc2ccccc2n1)C(N)=O. The Labute approximate surface area is 106 Å². The molecule has 1 amide bonds. The lowest BCUT2D eigenvalue weighted by Crippen LogP contribution is -2.50. The third-order valence-electron chi connectivity index (χ3n) is 2.98. The van der Waals surface area contributed by atoms with Gasteiger partial charge in [-0.05, 0) is 26.0 Å². The number of amides is 1.